The highest BCUT2D eigenvalue weighted by Crippen LogP contribution is 2.38. The smallest absolute Gasteiger partial charge is 0.341 e. The summed E-state index contributed by atoms with van der Waals surface area (Å²) in [6.45, 7) is 0.0650. The fraction of sp³-hybridized carbons (Fsp3) is 0.381. The summed E-state index contributed by atoms with van der Waals surface area (Å²) in [5.74, 6) is -2.82. The molecule has 9 nitrogen and oxygen atoms in total. The Labute approximate surface area is 193 Å². The lowest BCUT2D eigenvalue weighted by Gasteiger charge is -2.26. The zero-order valence-electron chi connectivity index (χ0n) is 17.4. The summed E-state index contributed by atoms with van der Waals surface area (Å²) >= 11 is 1.32. The van der Waals surface area contributed by atoms with Crippen LogP contribution in [0.4, 0.5) is 9.39 Å². The van der Waals surface area contributed by atoms with E-state index in [2.05, 4.69) is 11.4 Å². The summed E-state index contributed by atoms with van der Waals surface area (Å²) < 4.78 is 51.0. The number of anilines is 1. The van der Waals surface area contributed by atoms with Crippen LogP contribution in [0.5, 0.6) is 0 Å². The number of benzene rings is 1. The van der Waals surface area contributed by atoms with Gasteiger partial charge in [0.2, 0.25) is 10.0 Å². The highest BCUT2D eigenvalue weighted by molar-refractivity contribution is 7.89. The molecule has 1 aliphatic carbocycles. The van der Waals surface area contributed by atoms with Gasteiger partial charge in [-0.05, 0) is 43.0 Å². The highest BCUT2D eigenvalue weighted by atomic mass is 32.2. The standard InChI is InChI=1S/C21H20FN3O6S2/c22-17-5-4-13(33(28,29)25-6-8-30-9-7-25)10-15(17)21(27)31-12-19(26)24-20-16(11-23)14-2-1-3-18(14)32-20/h4-5,10H,1-3,6-9,12H2,(H,24,26). The molecule has 1 amide bonds. The van der Waals surface area contributed by atoms with Crippen LogP contribution in [0.25, 0.3) is 0 Å². The number of aryl methyl sites for hydroxylation is 1. The molecule has 1 aromatic heterocycles. The van der Waals surface area contributed by atoms with E-state index < -0.39 is 39.9 Å². The van der Waals surface area contributed by atoms with Gasteiger partial charge in [0.25, 0.3) is 5.91 Å². The molecular weight excluding hydrogens is 473 g/mol. The number of carbonyl (C=O) groups excluding carboxylic acids is 2. The molecule has 0 saturated carbocycles. The Morgan fingerprint density at radius 1 is 1.27 bits per heavy atom. The number of nitrogens with zero attached hydrogens (tertiary/aromatic N) is 2. The average Bonchev–Trinajstić information content (AvgIpc) is 3.39. The van der Waals surface area contributed by atoms with Crippen LogP contribution in [-0.2, 0) is 37.1 Å². The largest absolute Gasteiger partial charge is 0.452 e. The van der Waals surface area contributed by atoms with E-state index in [1.807, 2.05) is 0 Å². The molecule has 12 heteroatoms. The van der Waals surface area contributed by atoms with E-state index >= 15 is 0 Å². The number of rotatable bonds is 6. The molecule has 1 aliphatic heterocycles. The van der Waals surface area contributed by atoms with E-state index in [0.717, 1.165) is 47.9 Å². The van der Waals surface area contributed by atoms with Crippen molar-refractivity contribution in [3.8, 4) is 6.07 Å². The van der Waals surface area contributed by atoms with Crippen molar-refractivity contribution < 1.29 is 31.9 Å². The summed E-state index contributed by atoms with van der Waals surface area (Å²) in [7, 11) is -3.94. The number of morpholine rings is 1. The van der Waals surface area contributed by atoms with Gasteiger partial charge in [-0.2, -0.15) is 9.57 Å². The Bertz CT molecular complexity index is 1250. The lowest BCUT2D eigenvalue weighted by atomic mass is 10.1. The predicted molar refractivity (Wildman–Crippen MR) is 116 cm³/mol. The van der Waals surface area contributed by atoms with Crippen LogP contribution in [0.15, 0.2) is 23.1 Å². The Kier molecular flexibility index (Phi) is 6.76. The van der Waals surface area contributed by atoms with Crippen LogP contribution >= 0.6 is 11.3 Å². The first-order valence-electron chi connectivity index (χ1n) is 10.2. The van der Waals surface area contributed by atoms with Crippen LogP contribution < -0.4 is 5.32 Å². The molecule has 0 atom stereocenters. The third kappa shape index (κ3) is 4.77. The average molecular weight is 494 g/mol. The number of hydrogen-bond donors (Lipinski definition) is 1. The van der Waals surface area contributed by atoms with Gasteiger partial charge >= 0.3 is 5.97 Å². The van der Waals surface area contributed by atoms with Crippen LogP contribution in [0.2, 0.25) is 0 Å². The molecule has 2 heterocycles. The summed E-state index contributed by atoms with van der Waals surface area (Å²) in [5, 5.41) is 12.3. The third-order valence-electron chi connectivity index (χ3n) is 5.39. The number of fused-ring (bicyclic) bond motifs is 1. The quantitative estimate of drug-likeness (QED) is 0.611. The summed E-state index contributed by atoms with van der Waals surface area (Å²) in [6, 6.07) is 4.94. The Balaban J connectivity index is 1.43. The van der Waals surface area contributed by atoms with Crippen LogP contribution in [0.1, 0.15) is 32.8 Å². The second-order valence-electron chi connectivity index (χ2n) is 7.46. The maximum absolute atomic E-state index is 14.2. The highest BCUT2D eigenvalue weighted by Gasteiger charge is 2.28. The minimum absolute atomic E-state index is 0.149. The number of esters is 1. The number of halogens is 1. The monoisotopic (exact) mass is 493 g/mol. The topological polar surface area (TPSA) is 126 Å². The van der Waals surface area contributed by atoms with Gasteiger partial charge in [-0.15, -0.1) is 11.3 Å². The predicted octanol–water partition coefficient (Wildman–Crippen LogP) is 2.06. The van der Waals surface area contributed by atoms with Gasteiger partial charge in [0.05, 0.1) is 29.2 Å². The number of thiophene rings is 1. The molecule has 0 radical (unpaired) electrons. The van der Waals surface area contributed by atoms with Gasteiger partial charge in [0, 0.05) is 18.0 Å². The lowest BCUT2D eigenvalue weighted by molar-refractivity contribution is -0.119. The van der Waals surface area contributed by atoms with Crippen molar-refractivity contribution in [3.63, 3.8) is 0 Å². The van der Waals surface area contributed by atoms with Crippen molar-refractivity contribution in [1.29, 1.82) is 5.26 Å². The van der Waals surface area contributed by atoms with E-state index in [-0.39, 0.29) is 31.2 Å². The molecule has 0 bridgehead atoms. The molecule has 33 heavy (non-hydrogen) atoms. The maximum Gasteiger partial charge on any atom is 0.341 e. The van der Waals surface area contributed by atoms with Crippen LogP contribution in [0, 0.1) is 17.1 Å². The normalized spacial score (nSPS) is 16.1. The fourth-order valence-electron chi connectivity index (χ4n) is 3.74. The molecule has 0 unspecified atom stereocenters. The molecule has 1 saturated heterocycles. The summed E-state index contributed by atoms with van der Waals surface area (Å²) in [5.41, 5.74) is 0.763. The Morgan fingerprint density at radius 2 is 2.03 bits per heavy atom. The van der Waals surface area contributed by atoms with Crippen molar-refractivity contribution in [3.05, 3.63) is 45.6 Å². The summed E-state index contributed by atoms with van der Waals surface area (Å²) in [4.78, 5) is 25.5. The van der Waals surface area contributed by atoms with Gasteiger partial charge in [0.15, 0.2) is 6.61 Å². The fourth-order valence-corrected chi connectivity index (χ4v) is 6.43. The van der Waals surface area contributed by atoms with Gasteiger partial charge < -0.3 is 14.8 Å². The van der Waals surface area contributed by atoms with Gasteiger partial charge in [0.1, 0.15) is 16.9 Å². The number of carbonyl (C=O) groups is 2. The number of sulfonamides is 1. The number of amides is 1. The molecule has 4 rings (SSSR count). The first kappa shape index (κ1) is 23.3. The molecule has 2 aromatic rings. The van der Waals surface area contributed by atoms with Crippen molar-refractivity contribution in [1.82, 2.24) is 4.31 Å². The van der Waals surface area contributed by atoms with Crippen LogP contribution in [0.3, 0.4) is 0 Å². The number of nitrogens with one attached hydrogen (secondary N) is 1. The molecule has 0 spiro atoms. The number of ether oxygens (including phenoxy) is 2. The molecule has 1 N–H and O–H groups in total. The lowest BCUT2D eigenvalue weighted by Crippen LogP contribution is -2.40. The van der Waals surface area contributed by atoms with Crippen molar-refractivity contribution >= 4 is 38.2 Å². The van der Waals surface area contributed by atoms with Gasteiger partial charge in [-0.3, -0.25) is 4.79 Å². The van der Waals surface area contributed by atoms with Gasteiger partial charge in [-0.25, -0.2) is 17.6 Å². The van der Waals surface area contributed by atoms with Crippen molar-refractivity contribution in [2.45, 2.75) is 24.2 Å². The Morgan fingerprint density at radius 3 is 2.76 bits per heavy atom. The molecule has 1 fully saturated rings. The van der Waals surface area contributed by atoms with E-state index in [1.165, 1.54) is 15.6 Å². The van der Waals surface area contributed by atoms with E-state index in [0.29, 0.717) is 10.6 Å². The van der Waals surface area contributed by atoms with Crippen molar-refractivity contribution in [2.75, 3.05) is 38.2 Å². The second-order valence-corrected chi connectivity index (χ2v) is 10.5. The minimum Gasteiger partial charge on any atom is -0.452 e. The first-order valence-corrected chi connectivity index (χ1v) is 12.5. The molecule has 2 aliphatic rings. The van der Waals surface area contributed by atoms with E-state index in [1.54, 1.807) is 0 Å². The van der Waals surface area contributed by atoms with Crippen molar-refractivity contribution in [2.24, 2.45) is 0 Å². The Hall–Kier alpha value is -2.85. The third-order valence-corrected chi connectivity index (χ3v) is 8.49. The first-order chi connectivity index (χ1) is 15.8. The zero-order chi connectivity index (χ0) is 23.6. The second kappa shape index (κ2) is 9.56. The zero-order valence-corrected chi connectivity index (χ0v) is 19.1. The van der Waals surface area contributed by atoms with Gasteiger partial charge in [-0.1, -0.05) is 0 Å². The molecular formula is C21H20FN3O6S2. The maximum atomic E-state index is 14.2. The van der Waals surface area contributed by atoms with E-state index in [4.69, 9.17) is 9.47 Å². The summed E-state index contributed by atoms with van der Waals surface area (Å²) in [6.07, 6.45) is 2.60. The SMILES string of the molecule is N#Cc1c(NC(=O)COC(=O)c2cc(S(=O)(=O)N3CCOCC3)ccc2F)sc2c1CCC2. The molecule has 174 valence electrons. The van der Waals surface area contributed by atoms with E-state index in [9.17, 15) is 27.7 Å². The number of hydrogen-bond acceptors (Lipinski definition) is 8. The molecule has 1 aromatic carbocycles. The minimum atomic E-state index is -3.94. The number of nitriles is 1. The van der Waals surface area contributed by atoms with Crippen LogP contribution in [-0.4, -0.2) is 57.5 Å².